The maximum absolute atomic E-state index is 14.2. The fourth-order valence-electron chi connectivity index (χ4n) is 9.46. The molecule has 436 valence electrons. The molecule has 2 aromatic rings. The molecule has 3 heterocycles. The number of amides is 7. The number of aromatic nitrogens is 1. The monoisotopic (exact) mass is 1120 g/mol. The molecule has 0 radical (unpaired) electrons. The molecule has 4 rings (SSSR count). The Hall–Kier alpha value is -6.11. The van der Waals surface area contributed by atoms with Crippen LogP contribution in [0, 0.1) is 17.8 Å². The third-order valence-corrected chi connectivity index (χ3v) is 14.6. The van der Waals surface area contributed by atoms with Gasteiger partial charge in [-0.05, 0) is 42.4 Å². The highest BCUT2D eigenvalue weighted by atomic mass is 32.1. The molecule has 0 saturated carbocycles. The minimum absolute atomic E-state index is 0.0814. The van der Waals surface area contributed by atoms with Gasteiger partial charge in [-0.3, -0.25) is 38.5 Å². The van der Waals surface area contributed by atoms with Gasteiger partial charge in [0, 0.05) is 59.4 Å². The first-order valence-electron chi connectivity index (χ1n) is 25.5. The quantitative estimate of drug-likeness (QED) is 0.0472. The molecule has 12 atom stereocenters. The number of hydrogen-bond donors (Lipinski definition) is 9. The number of carboxylic acids is 1. The highest BCUT2D eigenvalue weighted by Gasteiger charge is 2.48. The van der Waals surface area contributed by atoms with Gasteiger partial charge < -0.3 is 75.2 Å². The number of thiazole rings is 1. The number of anilines is 1. The number of aliphatic hydroxyl groups is 3. The van der Waals surface area contributed by atoms with Crippen LogP contribution in [0.1, 0.15) is 77.3 Å². The van der Waals surface area contributed by atoms with E-state index in [1.165, 1.54) is 55.7 Å². The molecule has 2 aliphatic rings. The Morgan fingerprint density at radius 2 is 1.65 bits per heavy atom. The number of carboxylic acid groups (broad SMARTS) is 1. The smallest absolute Gasteiger partial charge is 0.410 e. The number of methoxy groups -OCH3 is 2. The van der Waals surface area contributed by atoms with Crippen molar-refractivity contribution in [3.8, 4) is 5.75 Å². The molecule has 0 spiro atoms. The fraction of sp³-hybridized carbons (Fsp3) is 0.660. The number of rotatable bonds is 29. The molecule has 0 bridgehead atoms. The lowest BCUT2D eigenvalue weighted by molar-refractivity contribution is -0.271. The van der Waals surface area contributed by atoms with E-state index in [9.17, 15) is 58.8 Å². The average Bonchev–Trinajstić information content (AvgIpc) is 4.14. The topological polar surface area (TPSA) is 370 Å². The van der Waals surface area contributed by atoms with Crippen LogP contribution in [0.25, 0.3) is 0 Å². The van der Waals surface area contributed by atoms with E-state index in [2.05, 4.69) is 31.1 Å². The Morgan fingerprint density at radius 3 is 2.27 bits per heavy atom. The maximum atomic E-state index is 14.2. The molecule has 7 amide bonds. The van der Waals surface area contributed by atoms with E-state index in [0.717, 1.165) is 9.91 Å². The number of ether oxygens (including phenoxy) is 5. The third-order valence-electron chi connectivity index (χ3n) is 13.8. The number of nitrogens with one attached hydrogen (secondary N) is 4. The van der Waals surface area contributed by atoms with E-state index in [4.69, 9.17) is 29.6 Å². The molecule has 2 saturated heterocycles. The van der Waals surface area contributed by atoms with Gasteiger partial charge in [0.1, 0.15) is 48.3 Å². The summed E-state index contributed by atoms with van der Waals surface area (Å²) >= 11 is 1.43. The molecule has 27 nitrogen and oxygen atoms in total. The minimum atomic E-state index is -2.01. The Bertz CT molecular complexity index is 2330. The van der Waals surface area contributed by atoms with Gasteiger partial charge in [-0.1, -0.05) is 47.1 Å². The third kappa shape index (κ3) is 17.4. The zero-order valence-corrected chi connectivity index (χ0v) is 46.3. The number of aliphatic hydroxyl groups excluding tert-OH is 3. The zero-order valence-electron chi connectivity index (χ0n) is 45.4. The minimum Gasteiger partial charge on any atom is -0.479 e. The van der Waals surface area contributed by atoms with Crippen molar-refractivity contribution in [1.29, 1.82) is 0 Å². The van der Waals surface area contributed by atoms with Gasteiger partial charge in [0.2, 0.25) is 41.7 Å². The number of nitrogens with two attached hydrogens (primary N) is 1. The summed E-state index contributed by atoms with van der Waals surface area (Å²) in [5.41, 5.74) is 0.141. The average molecular weight is 1120 g/mol. The van der Waals surface area contributed by atoms with Gasteiger partial charge in [-0.2, -0.15) is 0 Å². The lowest BCUT2D eigenvalue weighted by Crippen LogP contribution is -2.61. The molecular formula is C50H77N9O18S. The largest absolute Gasteiger partial charge is 0.479 e. The van der Waals surface area contributed by atoms with Crippen LogP contribution in [0.3, 0.4) is 0 Å². The summed E-state index contributed by atoms with van der Waals surface area (Å²) in [6, 6.07) is 1.83. The lowest BCUT2D eigenvalue weighted by atomic mass is 9.90. The second kappa shape index (κ2) is 30.9. The van der Waals surface area contributed by atoms with Crippen molar-refractivity contribution >= 4 is 64.5 Å². The van der Waals surface area contributed by atoms with Crippen LogP contribution in [0.4, 0.5) is 10.5 Å². The van der Waals surface area contributed by atoms with Gasteiger partial charge in [0.05, 0.1) is 55.4 Å². The normalized spacial score (nSPS) is 21.5. The predicted octanol–water partition coefficient (Wildman–Crippen LogP) is -0.305. The maximum Gasteiger partial charge on any atom is 0.410 e. The van der Waals surface area contributed by atoms with E-state index in [1.807, 2.05) is 19.2 Å². The van der Waals surface area contributed by atoms with Crippen molar-refractivity contribution in [1.82, 2.24) is 35.6 Å². The summed E-state index contributed by atoms with van der Waals surface area (Å²) in [7, 11) is 5.90. The van der Waals surface area contributed by atoms with E-state index >= 15 is 0 Å². The molecule has 3 unspecified atom stereocenters. The Balaban J connectivity index is 1.41. The molecule has 0 aliphatic carbocycles. The van der Waals surface area contributed by atoms with E-state index in [1.54, 1.807) is 38.9 Å². The van der Waals surface area contributed by atoms with Crippen molar-refractivity contribution in [2.24, 2.45) is 23.7 Å². The van der Waals surface area contributed by atoms with E-state index in [0.29, 0.717) is 25.8 Å². The lowest BCUT2D eigenvalue weighted by Gasteiger charge is -2.39. The van der Waals surface area contributed by atoms with E-state index < -0.39 is 122 Å². The molecule has 1 aromatic carbocycles. The highest BCUT2D eigenvalue weighted by Crippen LogP contribution is 2.33. The Labute approximate surface area is 456 Å². The van der Waals surface area contributed by atoms with Crippen LogP contribution in [-0.2, 0) is 70.5 Å². The molecule has 28 heteroatoms. The molecule has 2 aliphatic heterocycles. The molecule has 10 N–H and O–H groups in total. The number of hydrogen-bond acceptors (Lipinski definition) is 20. The molecule has 2 fully saturated rings. The van der Waals surface area contributed by atoms with Crippen molar-refractivity contribution in [2.45, 2.75) is 141 Å². The second-order valence-corrected chi connectivity index (χ2v) is 20.5. The fourth-order valence-corrected chi connectivity index (χ4v) is 10.0. The van der Waals surface area contributed by atoms with Gasteiger partial charge in [-0.25, -0.2) is 20.5 Å². The number of aliphatic carboxylic acids is 1. The summed E-state index contributed by atoms with van der Waals surface area (Å²) in [5.74, 6) is -1.10. The first-order valence-corrected chi connectivity index (χ1v) is 26.4. The van der Waals surface area contributed by atoms with Gasteiger partial charge in [0.25, 0.3) is 0 Å². The van der Waals surface area contributed by atoms with Crippen LogP contribution in [0.2, 0.25) is 0 Å². The first-order chi connectivity index (χ1) is 37.0. The number of likely N-dealkylation sites (tertiary alicyclic amines) is 1. The van der Waals surface area contributed by atoms with Crippen molar-refractivity contribution in [2.75, 3.05) is 59.9 Å². The number of benzene rings is 1. The van der Waals surface area contributed by atoms with Crippen molar-refractivity contribution in [3.05, 3.63) is 40.3 Å². The molecule has 1 aromatic heterocycles. The summed E-state index contributed by atoms with van der Waals surface area (Å²) in [4.78, 5) is 118. The highest BCUT2D eigenvalue weighted by molar-refractivity contribution is 7.09. The zero-order chi connectivity index (χ0) is 58.0. The van der Waals surface area contributed by atoms with Crippen molar-refractivity contribution in [3.63, 3.8) is 0 Å². The predicted molar refractivity (Wildman–Crippen MR) is 277 cm³/mol. The van der Waals surface area contributed by atoms with Crippen LogP contribution in [0.5, 0.6) is 5.75 Å². The number of nitrogens with zero attached hydrogens (tertiary/aromatic N) is 4. The summed E-state index contributed by atoms with van der Waals surface area (Å²) < 4.78 is 28.3. The van der Waals surface area contributed by atoms with Gasteiger partial charge in [-0.15, -0.1) is 11.3 Å². The van der Waals surface area contributed by atoms with Crippen LogP contribution in [-0.4, -0.2) is 203 Å². The van der Waals surface area contributed by atoms with Crippen molar-refractivity contribution < 1.29 is 87.3 Å². The van der Waals surface area contributed by atoms with Gasteiger partial charge in [0.15, 0.2) is 6.10 Å². The van der Waals surface area contributed by atoms with Crippen LogP contribution < -0.4 is 31.9 Å². The number of likely N-dealkylation sites (N-methyl/N-ethyl adjacent to an activating group) is 2. The summed E-state index contributed by atoms with van der Waals surface area (Å²) in [6.45, 7) is 8.23. The Morgan fingerprint density at radius 1 is 0.936 bits per heavy atom. The summed E-state index contributed by atoms with van der Waals surface area (Å²) in [5, 5.41) is 53.7. The van der Waals surface area contributed by atoms with Crippen LogP contribution >= 0.6 is 11.3 Å². The molecular weight excluding hydrogens is 1050 g/mol. The second-order valence-electron chi connectivity index (χ2n) is 19.5. The number of carbonyl (C=O) groups is 8. The number of carbonyl (C=O) groups excluding carboxylic acids is 7. The molecule has 78 heavy (non-hydrogen) atoms. The summed E-state index contributed by atoms with van der Waals surface area (Å²) in [6.07, 6.45) is -8.87. The standard InChI is InChI=1S/C50H77N9O18S/c1-10-27(4)40(33(72-8)21-37(62)59-18-11-12-31(59)44(73-9)28(5)46(67)54-22-36-53-17-19-78-36)57(6)38(63)23-55-47(68)39(26(2)3)58(7)50(71)74-24-29-13-14-32(30(20-29)56-34(60)15-16-52-35(61)25-75-51)76-49-43(66)41(64)42(65)45(77-49)48(69)70/h13-14,17,19-20,26-28,31,33,39-45,49,64-66H,10-12,15-16,18,21-25,51H2,1-9H3,(H,52,61)(H,54,67)(H,55,68)(H,56,60)(H,69,70)/t27?,28-,31+,33-,39+,40+,41+,42+,43?,44-,45?,49-/m1/s1. The van der Waals surface area contributed by atoms with Crippen LogP contribution in [0.15, 0.2) is 29.8 Å². The first kappa shape index (κ1) is 64.4. The van der Waals surface area contributed by atoms with E-state index in [-0.39, 0.29) is 66.7 Å². The SMILES string of the molecule is CCC(C)[C@@H]([C@@H](CC(=O)N1CCC[C@H]1[C@H](OC)[C@@H](C)C(=O)NCc1nccs1)OC)N(C)C(=O)CNC(=O)[C@H](C(C)C)N(C)C(=O)OCc1ccc(O[C@@H]2OC(C(=O)O)[C@@H](O)[C@H](O)C2O)c(NC(=O)CCNC(=O)CON)c1. The Kier molecular flexibility index (Phi) is 25.5. The van der Waals surface area contributed by atoms with Gasteiger partial charge >= 0.3 is 12.1 Å².